The van der Waals surface area contributed by atoms with Gasteiger partial charge in [-0.15, -0.1) is 0 Å². The minimum Gasteiger partial charge on any atom is -0.494 e. The number of hydrogen-bond acceptors (Lipinski definition) is 5. The van der Waals surface area contributed by atoms with Gasteiger partial charge in [-0.3, -0.25) is 0 Å². The van der Waals surface area contributed by atoms with Gasteiger partial charge in [-0.1, -0.05) is 19.1 Å². The average Bonchev–Trinajstić information content (AvgIpc) is 3.23. The first-order valence-electron chi connectivity index (χ1n) is 11.0. The molecular weight excluding hydrogens is 376 g/mol. The van der Waals surface area contributed by atoms with Crippen LogP contribution >= 0.6 is 0 Å². The van der Waals surface area contributed by atoms with Gasteiger partial charge in [0.15, 0.2) is 17.2 Å². The van der Waals surface area contributed by atoms with Crippen molar-refractivity contribution in [3.63, 3.8) is 0 Å². The van der Waals surface area contributed by atoms with Gasteiger partial charge in [0.25, 0.3) is 0 Å². The van der Waals surface area contributed by atoms with E-state index in [0.717, 1.165) is 65.7 Å². The van der Waals surface area contributed by atoms with Crippen LogP contribution in [0.2, 0.25) is 0 Å². The second-order valence-corrected chi connectivity index (χ2v) is 8.57. The highest BCUT2D eigenvalue weighted by Gasteiger charge is 2.52. The van der Waals surface area contributed by atoms with Crippen LogP contribution in [-0.4, -0.2) is 24.5 Å². The maximum atomic E-state index is 6.77. The van der Waals surface area contributed by atoms with E-state index in [2.05, 4.69) is 41.6 Å². The molecule has 1 saturated carbocycles. The van der Waals surface area contributed by atoms with Crippen molar-refractivity contribution < 1.29 is 14.2 Å². The lowest BCUT2D eigenvalue weighted by Crippen LogP contribution is -2.60. The average molecular weight is 407 g/mol. The van der Waals surface area contributed by atoms with E-state index in [1.54, 1.807) is 7.11 Å². The third kappa shape index (κ3) is 3.12. The lowest BCUT2D eigenvalue weighted by Gasteiger charge is -2.51. The summed E-state index contributed by atoms with van der Waals surface area (Å²) in [5.41, 5.74) is 6.75. The number of benzene rings is 2. The molecular formula is C25H30N2O3. The van der Waals surface area contributed by atoms with Crippen LogP contribution in [0, 0.1) is 5.92 Å². The van der Waals surface area contributed by atoms with Gasteiger partial charge in [0.1, 0.15) is 5.75 Å². The molecule has 30 heavy (non-hydrogen) atoms. The smallest absolute Gasteiger partial charge is 0.180 e. The van der Waals surface area contributed by atoms with Gasteiger partial charge in [-0.25, -0.2) is 0 Å². The first-order chi connectivity index (χ1) is 14.6. The number of ether oxygens (including phenoxy) is 3. The van der Waals surface area contributed by atoms with E-state index in [-0.39, 0.29) is 11.8 Å². The second kappa shape index (κ2) is 7.55. The number of hydrazine groups is 1. The van der Waals surface area contributed by atoms with Crippen LogP contribution in [0.1, 0.15) is 56.7 Å². The fourth-order valence-electron chi connectivity index (χ4n) is 4.94. The lowest BCUT2D eigenvalue weighted by molar-refractivity contribution is -0.156. The van der Waals surface area contributed by atoms with Crippen molar-refractivity contribution in [3.05, 3.63) is 59.7 Å². The Labute approximate surface area is 178 Å². The van der Waals surface area contributed by atoms with E-state index in [1.807, 2.05) is 31.2 Å². The molecule has 5 nitrogen and oxygen atoms in total. The Morgan fingerprint density at radius 2 is 1.90 bits per heavy atom. The molecule has 2 aliphatic heterocycles. The summed E-state index contributed by atoms with van der Waals surface area (Å²) in [5.74, 6) is 3.33. The second-order valence-electron chi connectivity index (χ2n) is 8.57. The first kappa shape index (κ1) is 19.3. The zero-order valence-corrected chi connectivity index (χ0v) is 18.0. The van der Waals surface area contributed by atoms with Crippen molar-refractivity contribution >= 4 is 5.70 Å². The molecule has 0 amide bonds. The summed E-state index contributed by atoms with van der Waals surface area (Å²) in [6, 6.07) is 14.6. The van der Waals surface area contributed by atoms with Gasteiger partial charge < -0.3 is 19.6 Å². The maximum absolute atomic E-state index is 6.77. The summed E-state index contributed by atoms with van der Waals surface area (Å²) >= 11 is 0. The molecule has 158 valence electrons. The summed E-state index contributed by atoms with van der Waals surface area (Å²) in [5, 5.41) is 2.34. The first-order valence-corrected chi connectivity index (χ1v) is 11.0. The summed E-state index contributed by atoms with van der Waals surface area (Å²) in [6.07, 6.45) is 6.64. The molecule has 2 aromatic rings. The van der Waals surface area contributed by atoms with Crippen molar-refractivity contribution in [2.75, 3.05) is 13.7 Å². The molecule has 1 N–H and O–H groups in total. The summed E-state index contributed by atoms with van der Waals surface area (Å²) in [6.45, 7) is 5.01. The van der Waals surface area contributed by atoms with Crippen molar-refractivity contribution in [3.8, 4) is 17.2 Å². The Morgan fingerprint density at radius 1 is 1.13 bits per heavy atom. The Kier molecular flexibility index (Phi) is 4.86. The van der Waals surface area contributed by atoms with Crippen molar-refractivity contribution in [2.45, 2.75) is 51.3 Å². The summed E-state index contributed by atoms with van der Waals surface area (Å²) < 4.78 is 18.0. The normalized spacial score (nSPS) is 27.5. The van der Waals surface area contributed by atoms with Crippen LogP contribution in [0.5, 0.6) is 17.2 Å². The number of nitrogens with zero attached hydrogens (tertiary/aromatic N) is 1. The maximum Gasteiger partial charge on any atom is 0.180 e. The van der Waals surface area contributed by atoms with Crippen LogP contribution in [0.25, 0.3) is 5.70 Å². The van der Waals surface area contributed by atoms with Crippen LogP contribution in [0.15, 0.2) is 48.5 Å². The van der Waals surface area contributed by atoms with E-state index in [4.69, 9.17) is 14.2 Å². The van der Waals surface area contributed by atoms with Gasteiger partial charge in [0.2, 0.25) is 0 Å². The van der Waals surface area contributed by atoms with Crippen LogP contribution < -0.4 is 19.6 Å². The van der Waals surface area contributed by atoms with Crippen LogP contribution in [-0.2, 0) is 0 Å². The Hall–Kier alpha value is -2.66. The quantitative estimate of drug-likeness (QED) is 0.747. The van der Waals surface area contributed by atoms with Crippen LogP contribution in [0.4, 0.5) is 0 Å². The van der Waals surface area contributed by atoms with E-state index in [1.165, 1.54) is 0 Å². The third-order valence-corrected chi connectivity index (χ3v) is 6.65. The molecule has 2 heterocycles. The molecule has 1 fully saturated rings. The number of para-hydroxylation sites is 1. The van der Waals surface area contributed by atoms with Gasteiger partial charge in [-0.05, 0) is 67.7 Å². The number of nitrogens with one attached hydrogen (secondary N) is 1. The molecule has 1 unspecified atom stereocenters. The predicted molar refractivity (Wildman–Crippen MR) is 117 cm³/mol. The molecule has 2 aromatic carbocycles. The number of methoxy groups -OCH3 is 1. The van der Waals surface area contributed by atoms with Gasteiger partial charge in [-0.2, -0.15) is 5.01 Å². The van der Waals surface area contributed by atoms with Crippen molar-refractivity contribution in [1.82, 2.24) is 10.4 Å². The SMILES string of the molecule is CCOc1ccc(C2=CC3c4cccc(OC)c4OC4(CCC(C)CC4)N3N2)cc1. The predicted octanol–water partition coefficient (Wildman–Crippen LogP) is 5.30. The van der Waals surface area contributed by atoms with E-state index < -0.39 is 0 Å². The van der Waals surface area contributed by atoms with Gasteiger partial charge in [0.05, 0.1) is 25.5 Å². The van der Waals surface area contributed by atoms with Crippen LogP contribution in [0.3, 0.4) is 0 Å². The highest BCUT2D eigenvalue weighted by Crippen LogP contribution is 2.53. The number of fused-ring (bicyclic) bond motifs is 4. The molecule has 1 spiro atoms. The molecule has 0 aromatic heterocycles. The minimum absolute atomic E-state index is 0.110. The Morgan fingerprint density at radius 3 is 2.60 bits per heavy atom. The fourth-order valence-corrected chi connectivity index (χ4v) is 4.94. The molecule has 0 radical (unpaired) electrons. The van der Waals surface area contributed by atoms with Crippen molar-refractivity contribution in [2.24, 2.45) is 5.92 Å². The van der Waals surface area contributed by atoms with E-state index >= 15 is 0 Å². The zero-order chi connectivity index (χ0) is 20.7. The molecule has 5 heteroatoms. The summed E-state index contributed by atoms with van der Waals surface area (Å²) in [4.78, 5) is 0. The largest absolute Gasteiger partial charge is 0.494 e. The van der Waals surface area contributed by atoms with Gasteiger partial charge >= 0.3 is 0 Å². The number of rotatable bonds is 4. The number of hydrogen-bond donors (Lipinski definition) is 1. The molecule has 0 saturated heterocycles. The van der Waals surface area contributed by atoms with Gasteiger partial charge in [0, 0.05) is 18.4 Å². The molecule has 1 aliphatic carbocycles. The molecule has 1 atom stereocenters. The summed E-state index contributed by atoms with van der Waals surface area (Å²) in [7, 11) is 1.72. The van der Waals surface area contributed by atoms with E-state index in [0.29, 0.717) is 6.61 Å². The Balaban J connectivity index is 1.54. The zero-order valence-electron chi connectivity index (χ0n) is 18.0. The third-order valence-electron chi connectivity index (χ3n) is 6.65. The standard InChI is InChI=1S/C25H30N2O3/c1-4-29-19-10-8-18(9-11-19)21-16-22-20-6-5-7-23(28-3)24(20)30-25(27(22)26-21)14-12-17(2)13-15-25/h5-11,16-17,22,26H,4,12-15H2,1-3H3. The fraction of sp³-hybridized carbons (Fsp3) is 0.440. The molecule has 0 bridgehead atoms. The molecule has 5 rings (SSSR count). The van der Waals surface area contributed by atoms with E-state index in [9.17, 15) is 0 Å². The topological polar surface area (TPSA) is 43.0 Å². The highest BCUT2D eigenvalue weighted by atomic mass is 16.5. The molecule has 3 aliphatic rings. The minimum atomic E-state index is -0.359. The monoisotopic (exact) mass is 406 g/mol. The van der Waals surface area contributed by atoms with Crippen molar-refractivity contribution in [1.29, 1.82) is 0 Å². The Bertz CT molecular complexity index is 945. The highest BCUT2D eigenvalue weighted by molar-refractivity contribution is 5.68. The lowest BCUT2D eigenvalue weighted by atomic mass is 9.82.